The molecule has 0 unspecified atom stereocenters. The van der Waals surface area contributed by atoms with E-state index < -0.39 is 5.60 Å². The molecular formula is C21H29ClN4O3. The van der Waals surface area contributed by atoms with Gasteiger partial charge in [0.25, 0.3) is 5.56 Å². The lowest BCUT2D eigenvalue weighted by atomic mass is 10.0. The molecule has 2 N–H and O–H groups in total. The number of carbonyl (C=O) groups is 1. The fraction of sp³-hybridized carbons (Fsp3) is 0.571. The number of ether oxygens (including phenoxy) is 1. The van der Waals surface area contributed by atoms with Gasteiger partial charge in [-0.2, -0.15) is 0 Å². The fourth-order valence-electron chi connectivity index (χ4n) is 3.69. The third-order valence-electron chi connectivity index (χ3n) is 5.04. The van der Waals surface area contributed by atoms with Crippen molar-refractivity contribution in [2.45, 2.75) is 58.1 Å². The van der Waals surface area contributed by atoms with Crippen molar-refractivity contribution >= 4 is 28.6 Å². The van der Waals surface area contributed by atoms with Crippen LogP contribution in [0.3, 0.4) is 0 Å². The maximum Gasteiger partial charge on any atom is 0.410 e. The van der Waals surface area contributed by atoms with E-state index in [1.165, 1.54) is 0 Å². The van der Waals surface area contributed by atoms with E-state index in [1.54, 1.807) is 21.6 Å². The van der Waals surface area contributed by atoms with Gasteiger partial charge in [0.1, 0.15) is 11.4 Å². The summed E-state index contributed by atoms with van der Waals surface area (Å²) >= 11 is 6.31. The molecule has 1 aromatic heterocycles. The van der Waals surface area contributed by atoms with Crippen LogP contribution in [0.4, 0.5) is 4.79 Å². The second kappa shape index (κ2) is 8.71. The van der Waals surface area contributed by atoms with Crippen LogP contribution >= 0.6 is 11.6 Å². The van der Waals surface area contributed by atoms with E-state index >= 15 is 0 Å². The number of amides is 1. The molecule has 1 amide bonds. The highest BCUT2D eigenvalue weighted by atomic mass is 35.5. The van der Waals surface area contributed by atoms with Gasteiger partial charge in [-0.05, 0) is 58.7 Å². The number of nitrogens with two attached hydrogens (primary N) is 1. The van der Waals surface area contributed by atoms with E-state index in [4.69, 9.17) is 27.1 Å². The third kappa shape index (κ3) is 4.90. The van der Waals surface area contributed by atoms with Crippen LogP contribution in [0, 0.1) is 0 Å². The number of hydrogen-bond acceptors (Lipinski definition) is 5. The molecule has 0 atom stereocenters. The summed E-state index contributed by atoms with van der Waals surface area (Å²) in [6, 6.07) is 5.28. The lowest BCUT2D eigenvalue weighted by molar-refractivity contribution is 0.0186. The Morgan fingerprint density at radius 2 is 2.00 bits per heavy atom. The molecule has 1 aliphatic heterocycles. The zero-order valence-corrected chi connectivity index (χ0v) is 18.0. The number of benzene rings is 1. The number of halogens is 1. The summed E-state index contributed by atoms with van der Waals surface area (Å²) in [5.41, 5.74) is 5.65. The Morgan fingerprint density at radius 1 is 1.31 bits per heavy atom. The highest BCUT2D eigenvalue weighted by Crippen LogP contribution is 2.26. The van der Waals surface area contributed by atoms with Gasteiger partial charge in [-0.1, -0.05) is 17.7 Å². The van der Waals surface area contributed by atoms with Crippen LogP contribution in [0.15, 0.2) is 23.0 Å². The molecule has 0 radical (unpaired) electrons. The first kappa shape index (κ1) is 21.6. The molecule has 1 aromatic carbocycles. The average molecular weight is 421 g/mol. The van der Waals surface area contributed by atoms with Crippen molar-refractivity contribution in [2.75, 3.05) is 19.6 Å². The second-order valence-electron chi connectivity index (χ2n) is 8.43. The molecule has 0 bridgehead atoms. The molecule has 29 heavy (non-hydrogen) atoms. The number of aromatic nitrogens is 2. The molecule has 158 valence electrons. The predicted molar refractivity (Wildman–Crippen MR) is 114 cm³/mol. The van der Waals surface area contributed by atoms with Crippen LogP contribution in [0.5, 0.6) is 0 Å². The minimum absolute atomic E-state index is 0.0397. The standard InChI is InChI=1S/C21H29ClN4O3/c1-21(2,3)29-20(28)25-12-9-14(10-13-25)26-17(8-5-11-23)24-16-7-4-6-15(22)18(16)19(26)27/h4,6-7,14H,5,8-13,23H2,1-3H3. The topological polar surface area (TPSA) is 90.4 Å². The van der Waals surface area contributed by atoms with Gasteiger partial charge in [0.05, 0.1) is 15.9 Å². The molecule has 1 fully saturated rings. The molecule has 1 saturated heterocycles. The summed E-state index contributed by atoms with van der Waals surface area (Å²) in [6.07, 6.45) is 2.38. The minimum Gasteiger partial charge on any atom is -0.444 e. The lowest BCUT2D eigenvalue weighted by Crippen LogP contribution is -2.43. The number of fused-ring (bicyclic) bond motifs is 1. The quantitative estimate of drug-likeness (QED) is 0.817. The van der Waals surface area contributed by atoms with Gasteiger partial charge in [0.2, 0.25) is 0 Å². The number of piperidine rings is 1. The monoisotopic (exact) mass is 420 g/mol. The van der Waals surface area contributed by atoms with Crippen molar-refractivity contribution in [3.8, 4) is 0 Å². The molecule has 0 aliphatic carbocycles. The number of aryl methyl sites for hydroxylation is 1. The summed E-state index contributed by atoms with van der Waals surface area (Å²) in [7, 11) is 0. The van der Waals surface area contributed by atoms with Crippen LogP contribution in [0.2, 0.25) is 5.02 Å². The number of carbonyl (C=O) groups excluding carboxylic acids is 1. The molecule has 7 nitrogen and oxygen atoms in total. The van der Waals surface area contributed by atoms with Crippen LogP contribution in [-0.2, 0) is 11.2 Å². The van der Waals surface area contributed by atoms with Gasteiger partial charge >= 0.3 is 6.09 Å². The summed E-state index contributed by atoms with van der Waals surface area (Å²) in [6.45, 7) is 7.15. The number of likely N-dealkylation sites (tertiary alicyclic amines) is 1. The Morgan fingerprint density at radius 3 is 2.62 bits per heavy atom. The SMILES string of the molecule is CC(C)(C)OC(=O)N1CCC(n2c(CCCN)nc3cccc(Cl)c3c2=O)CC1. The minimum atomic E-state index is -0.528. The lowest BCUT2D eigenvalue weighted by Gasteiger charge is -2.34. The van der Waals surface area contributed by atoms with E-state index in [-0.39, 0.29) is 17.7 Å². The summed E-state index contributed by atoms with van der Waals surface area (Å²) in [4.78, 5) is 32.1. The Labute approximate surface area is 175 Å². The van der Waals surface area contributed by atoms with Crippen molar-refractivity contribution in [3.05, 3.63) is 39.4 Å². The van der Waals surface area contributed by atoms with Crippen LogP contribution in [0.1, 0.15) is 51.9 Å². The zero-order valence-electron chi connectivity index (χ0n) is 17.3. The van der Waals surface area contributed by atoms with Crippen LogP contribution in [0.25, 0.3) is 10.9 Å². The highest BCUT2D eigenvalue weighted by Gasteiger charge is 2.29. The first-order chi connectivity index (χ1) is 13.7. The maximum atomic E-state index is 13.3. The van der Waals surface area contributed by atoms with Gasteiger partial charge in [-0.15, -0.1) is 0 Å². The molecule has 1 aliphatic rings. The maximum absolute atomic E-state index is 13.3. The van der Waals surface area contributed by atoms with Crippen LogP contribution < -0.4 is 11.3 Å². The van der Waals surface area contributed by atoms with Crippen molar-refractivity contribution in [1.29, 1.82) is 0 Å². The van der Waals surface area contributed by atoms with E-state index in [0.29, 0.717) is 54.8 Å². The Kier molecular flexibility index (Phi) is 6.49. The number of nitrogens with zero attached hydrogens (tertiary/aromatic N) is 3. The number of hydrogen-bond donors (Lipinski definition) is 1. The molecule has 2 heterocycles. The molecule has 2 aromatic rings. The van der Waals surface area contributed by atoms with E-state index in [0.717, 1.165) is 12.2 Å². The van der Waals surface area contributed by atoms with E-state index in [1.807, 2.05) is 26.8 Å². The van der Waals surface area contributed by atoms with Gasteiger partial charge in [0.15, 0.2) is 0 Å². The third-order valence-corrected chi connectivity index (χ3v) is 5.35. The molecule has 3 rings (SSSR count). The van der Waals surface area contributed by atoms with Crippen molar-refractivity contribution in [1.82, 2.24) is 14.5 Å². The van der Waals surface area contributed by atoms with Crippen molar-refractivity contribution in [2.24, 2.45) is 5.73 Å². The average Bonchev–Trinajstić information content (AvgIpc) is 2.65. The second-order valence-corrected chi connectivity index (χ2v) is 8.84. The van der Waals surface area contributed by atoms with Crippen molar-refractivity contribution in [3.63, 3.8) is 0 Å². The van der Waals surface area contributed by atoms with Crippen molar-refractivity contribution < 1.29 is 9.53 Å². The molecular weight excluding hydrogens is 392 g/mol. The predicted octanol–water partition coefficient (Wildman–Crippen LogP) is 3.51. The van der Waals surface area contributed by atoms with Gasteiger partial charge in [-0.25, -0.2) is 9.78 Å². The Balaban J connectivity index is 1.89. The molecule has 0 saturated carbocycles. The Bertz CT molecular complexity index is 943. The van der Waals surface area contributed by atoms with Crippen LogP contribution in [-0.4, -0.2) is 45.8 Å². The van der Waals surface area contributed by atoms with Gasteiger partial charge in [-0.3, -0.25) is 9.36 Å². The summed E-state index contributed by atoms with van der Waals surface area (Å²) in [5.74, 6) is 0.728. The summed E-state index contributed by atoms with van der Waals surface area (Å²) in [5, 5.41) is 0.852. The fourth-order valence-corrected chi connectivity index (χ4v) is 3.94. The Hall–Kier alpha value is -2.12. The first-order valence-corrected chi connectivity index (χ1v) is 10.5. The highest BCUT2D eigenvalue weighted by molar-refractivity contribution is 6.35. The smallest absolute Gasteiger partial charge is 0.410 e. The van der Waals surface area contributed by atoms with E-state index in [9.17, 15) is 9.59 Å². The first-order valence-electron chi connectivity index (χ1n) is 10.1. The number of rotatable bonds is 4. The normalized spacial score (nSPS) is 15.7. The molecule has 0 spiro atoms. The van der Waals surface area contributed by atoms with E-state index in [2.05, 4.69) is 0 Å². The van der Waals surface area contributed by atoms with Gasteiger partial charge < -0.3 is 15.4 Å². The zero-order chi connectivity index (χ0) is 21.2. The summed E-state index contributed by atoms with van der Waals surface area (Å²) < 4.78 is 7.24. The molecule has 8 heteroatoms. The van der Waals surface area contributed by atoms with Gasteiger partial charge in [0, 0.05) is 25.6 Å². The largest absolute Gasteiger partial charge is 0.444 e.